The van der Waals surface area contributed by atoms with E-state index >= 15 is 0 Å². The molecule has 3 nitrogen and oxygen atoms in total. The van der Waals surface area contributed by atoms with E-state index < -0.39 is 0 Å². The summed E-state index contributed by atoms with van der Waals surface area (Å²) in [6, 6.07) is 5.15. The molecule has 1 heterocycles. The van der Waals surface area contributed by atoms with Crippen LogP contribution in [0.5, 0.6) is 5.75 Å². The summed E-state index contributed by atoms with van der Waals surface area (Å²) in [4.78, 5) is 11.5. The van der Waals surface area contributed by atoms with E-state index in [2.05, 4.69) is 5.32 Å². The van der Waals surface area contributed by atoms with Crippen molar-refractivity contribution in [2.45, 2.75) is 18.8 Å². The molecule has 2 aliphatic rings. The Hall–Kier alpha value is -1.51. The van der Waals surface area contributed by atoms with Gasteiger partial charge in [-0.2, -0.15) is 0 Å². The number of hydrogen-bond acceptors (Lipinski definition) is 2. The van der Waals surface area contributed by atoms with E-state index in [4.69, 9.17) is 0 Å². The summed E-state index contributed by atoms with van der Waals surface area (Å²) in [5.41, 5.74) is 1.97. The van der Waals surface area contributed by atoms with Gasteiger partial charge in [-0.3, -0.25) is 4.79 Å². The van der Waals surface area contributed by atoms with Crippen molar-refractivity contribution in [3.05, 3.63) is 23.8 Å². The highest BCUT2D eigenvalue weighted by molar-refractivity contribution is 5.97. The van der Waals surface area contributed by atoms with Gasteiger partial charge in [-0.25, -0.2) is 0 Å². The van der Waals surface area contributed by atoms with Gasteiger partial charge in [-0.05, 0) is 42.5 Å². The molecule has 0 bridgehead atoms. The summed E-state index contributed by atoms with van der Waals surface area (Å²) in [6.45, 7) is 0. The molecule has 1 aliphatic carbocycles. The van der Waals surface area contributed by atoms with Crippen molar-refractivity contribution in [2.75, 3.05) is 5.32 Å². The minimum absolute atomic E-state index is 0.138. The SMILES string of the molecule is O=C1Nc2ccc(O)cc2C2CC[C@@H]12. The largest absolute Gasteiger partial charge is 0.508 e. The lowest BCUT2D eigenvalue weighted by Crippen LogP contribution is -2.39. The fourth-order valence-electron chi connectivity index (χ4n) is 2.38. The molecule has 0 spiro atoms. The van der Waals surface area contributed by atoms with E-state index in [1.54, 1.807) is 18.2 Å². The van der Waals surface area contributed by atoms with Gasteiger partial charge in [-0.1, -0.05) is 0 Å². The van der Waals surface area contributed by atoms with Crippen LogP contribution in [0.2, 0.25) is 0 Å². The number of nitrogens with one attached hydrogen (secondary N) is 1. The van der Waals surface area contributed by atoms with E-state index in [0.29, 0.717) is 5.92 Å². The van der Waals surface area contributed by atoms with Gasteiger partial charge in [0.1, 0.15) is 5.75 Å². The van der Waals surface area contributed by atoms with Gasteiger partial charge in [0.05, 0.1) is 0 Å². The van der Waals surface area contributed by atoms with Crippen LogP contribution in [0.1, 0.15) is 24.3 Å². The first-order valence-electron chi connectivity index (χ1n) is 4.89. The second kappa shape index (κ2) is 2.50. The van der Waals surface area contributed by atoms with Crippen LogP contribution >= 0.6 is 0 Å². The molecule has 1 aromatic carbocycles. The van der Waals surface area contributed by atoms with Crippen LogP contribution < -0.4 is 5.32 Å². The molecule has 1 amide bonds. The van der Waals surface area contributed by atoms with Crippen molar-refractivity contribution in [1.82, 2.24) is 0 Å². The van der Waals surface area contributed by atoms with E-state index in [0.717, 1.165) is 24.1 Å². The molecule has 1 saturated carbocycles. The second-order valence-corrected chi connectivity index (χ2v) is 4.05. The van der Waals surface area contributed by atoms with Crippen LogP contribution in [0, 0.1) is 5.92 Å². The van der Waals surface area contributed by atoms with Crippen molar-refractivity contribution in [2.24, 2.45) is 5.92 Å². The predicted molar refractivity (Wildman–Crippen MR) is 52.2 cm³/mol. The van der Waals surface area contributed by atoms with Gasteiger partial charge in [0.25, 0.3) is 0 Å². The molecule has 0 radical (unpaired) electrons. The molecule has 1 aromatic rings. The van der Waals surface area contributed by atoms with Crippen molar-refractivity contribution in [3.63, 3.8) is 0 Å². The van der Waals surface area contributed by atoms with Gasteiger partial charge < -0.3 is 10.4 Å². The number of rotatable bonds is 0. The van der Waals surface area contributed by atoms with Crippen LogP contribution in [-0.2, 0) is 4.79 Å². The number of phenols is 1. The summed E-state index contributed by atoms with van der Waals surface area (Å²) in [6.07, 6.45) is 2.04. The summed E-state index contributed by atoms with van der Waals surface area (Å²) in [7, 11) is 0. The van der Waals surface area contributed by atoms with E-state index in [1.807, 2.05) is 0 Å². The molecular weight excluding hydrogens is 178 g/mol. The van der Waals surface area contributed by atoms with Crippen LogP contribution in [0.3, 0.4) is 0 Å². The number of carbonyl (C=O) groups excluding carboxylic acids is 1. The first-order chi connectivity index (χ1) is 6.75. The highest BCUT2D eigenvalue weighted by Crippen LogP contribution is 2.49. The van der Waals surface area contributed by atoms with Crippen molar-refractivity contribution < 1.29 is 9.90 Å². The highest BCUT2D eigenvalue weighted by atomic mass is 16.3. The maximum Gasteiger partial charge on any atom is 0.228 e. The number of benzene rings is 1. The molecule has 3 heteroatoms. The Labute approximate surface area is 81.8 Å². The van der Waals surface area contributed by atoms with Gasteiger partial charge in [0.2, 0.25) is 5.91 Å². The Morgan fingerprint density at radius 1 is 1.29 bits per heavy atom. The Morgan fingerprint density at radius 2 is 2.07 bits per heavy atom. The maximum atomic E-state index is 11.5. The number of hydrogen-bond donors (Lipinski definition) is 2. The van der Waals surface area contributed by atoms with Gasteiger partial charge in [-0.15, -0.1) is 0 Å². The minimum atomic E-state index is 0.138. The van der Waals surface area contributed by atoms with Gasteiger partial charge in [0, 0.05) is 11.6 Å². The normalized spacial score (nSPS) is 28.4. The van der Waals surface area contributed by atoms with Crippen molar-refractivity contribution in [1.29, 1.82) is 0 Å². The molecule has 0 aromatic heterocycles. The lowest BCUT2D eigenvalue weighted by molar-refractivity contribution is -0.123. The first-order valence-corrected chi connectivity index (χ1v) is 4.89. The zero-order chi connectivity index (χ0) is 9.71. The van der Waals surface area contributed by atoms with Gasteiger partial charge in [0.15, 0.2) is 0 Å². The summed E-state index contributed by atoms with van der Waals surface area (Å²) >= 11 is 0. The summed E-state index contributed by atoms with van der Waals surface area (Å²) < 4.78 is 0. The Bertz CT molecular complexity index is 414. The number of phenolic OH excluding ortho intramolecular Hbond substituents is 1. The molecule has 14 heavy (non-hydrogen) atoms. The third-order valence-electron chi connectivity index (χ3n) is 3.30. The third-order valence-corrected chi connectivity index (χ3v) is 3.30. The monoisotopic (exact) mass is 189 g/mol. The summed E-state index contributed by atoms with van der Waals surface area (Å²) in [5, 5.41) is 12.2. The topological polar surface area (TPSA) is 49.3 Å². The molecule has 3 rings (SSSR count). The van der Waals surface area contributed by atoms with Crippen LogP contribution in [-0.4, -0.2) is 11.0 Å². The fourth-order valence-corrected chi connectivity index (χ4v) is 2.38. The molecule has 1 fully saturated rings. The van der Waals surface area contributed by atoms with E-state index in [1.165, 1.54) is 0 Å². The predicted octanol–water partition coefficient (Wildman–Crippen LogP) is 1.84. The van der Waals surface area contributed by atoms with Gasteiger partial charge >= 0.3 is 0 Å². The molecule has 0 saturated heterocycles. The molecule has 2 N–H and O–H groups in total. The fraction of sp³-hybridized carbons (Fsp3) is 0.364. The Balaban J connectivity index is 2.12. The quantitative estimate of drug-likeness (QED) is 0.612. The standard InChI is InChI=1S/C11H11NO2/c13-6-1-4-10-9(5-6)7-2-3-8(7)11(14)12-10/h1,4-5,7-8,13H,2-3H2,(H,12,14)/t7?,8-/m1/s1. The summed E-state index contributed by atoms with van der Waals surface area (Å²) in [5.74, 6) is 0.903. The smallest absolute Gasteiger partial charge is 0.228 e. The minimum Gasteiger partial charge on any atom is -0.508 e. The van der Waals surface area contributed by atoms with E-state index in [-0.39, 0.29) is 17.6 Å². The first kappa shape index (κ1) is 7.85. The average molecular weight is 189 g/mol. The number of carbonyl (C=O) groups is 1. The van der Waals surface area contributed by atoms with Crippen LogP contribution in [0.25, 0.3) is 0 Å². The highest BCUT2D eigenvalue weighted by Gasteiger charge is 2.42. The maximum absolute atomic E-state index is 11.5. The second-order valence-electron chi connectivity index (χ2n) is 4.05. The van der Waals surface area contributed by atoms with Crippen molar-refractivity contribution >= 4 is 11.6 Å². The zero-order valence-electron chi connectivity index (χ0n) is 7.66. The molecule has 1 aliphatic heterocycles. The average Bonchev–Trinajstić information content (AvgIpc) is 2.06. The van der Waals surface area contributed by atoms with Crippen LogP contribution in [0.15, 0.2) is 18.2 Å². The van der Waals surface area contributed by atoms with E-state index in [9.17, 15) is 9.90 Å². The zero-order valence-corrected chi connectivity index (χ0v) is 7.66. The third kappa shape index (κ3) is 0.895. The molecular formula is C11H11NO2. The number of anilines is 1. The molecule has 1 unspecified atom stereocenters. The van der Waals surface area contributed by atoms with Crippen LogP contribution in [0.4, 0.5) is 5.69 Å². The molecule has 72 valence electrons. The Morgan fingerprint density at radius 3 is 2.79 bits per heavy atom. The molecule has 2 atom stereocenters. The number of fused-ring (bicyclic) bond motifs is 3. The lowest BCUT2D eigenvalue weighted by atomic mass is 9.67. The Kier molecular flexibility index (Phi) is 1.40. The number of amides is 1. The number of aromatic hydroxyl groups is 1. The van der Waals surface area contributed by atoms with Crippen molar-refractivity contribution in [3.8, 4) is 5.75 Å². The lowest BCUT2D eigenvalue weighted by Gasteiger charge is -2.40.